The molecule has 2 saturated carbocycles. The van der Waals surface area contributed by atoms with Gasteiger partial charge in [0.05, 0.1) is 17.5 Å². The molecule has 2 aliphatic rings. The molecule has 108 valence electrons. The number of aromatic nitrogens is 1. The molecule has 1 N–H and O–H groups in total. The van der Waals surface area contributed by atoms with Gasteiger partial charge in [0, 0.05) is 11.6 Å². The molecule has 1 aromatic heterocycles. The van der Waals surface area contributed by atoms with Gasteiger partial charge < -0.3 is 9.84 Å². The third kappa shape index (κ3) is 2.04. The molecule has 0 amide bonds. The highest BCUT2D eigenvalue weighted by Gasteiger charge is 2.60. The number of halogens is 1. The third-order valence-electron chi connectivity index (χ3n) is 4.64. The summed E-state index contributed by atoms with van der Waals surface area (Å²) in [6.45, 7) is 0. The van der Waals surface area contributed by atoms with Crippen LogP contribution in [0.15, 0.2) is 30.5 Å². The van der Waals surface area contributed by atoms with Gasteiger partial charge in [0.2, 0.25) is 0 Å². The largest absolute Gasteiger partial charge is 0.490 e. The zero-order chi connectivity index (χ0) is 14.6. The summed E-state index contributed by atoms with van der Waals surface area (Å²) < 4.78 is 19.4. The highest BCUT2D eigenvalue weighted by atomic mass is 19.1. The van der Waals surface area contributed by atoms with Gasteiger partial charge in [0.1, 0.15) is 11.6 Å². The molecule has 1 aromatic carbocycles. The number of ether oxygens (including phenoxy) is 1. The molecular formula is C16H14FNO3. The van der Waals surface area contributed by atoms with Gasteiger partial charge in [0.25, 0.3) is 0 Å². The van der Waals surface area contributed by atoms with Crippen molar-refractivity contribution in [2.24, 2.45) is 17.8 Å². The van der Waals surface area contributed by atoms with Gasteiger partial charge in [-0.25, -0.2) is 4.39 Å². The second-order valence-corrected chi connectivity index (χ2v) is 5.87. The number of pyridine rings is 1. The summed E-state index contributed by atoms with van der Waals surface area (Å²) in [7, 11) is 0. The normalized spacial score (nSPS) is 30.1. The van der Waals surface area contributed by atoms with E-state index in [0.717, 1.165) is 12.8 Å². The SMILES string of the molecule is O=C(O)[C@@H]1[C@@H]2C[C@@H](Oc3ccnc4ccc(F)cc34)C[C@@H]21. The predicted octanol–water partition coefficient (Wildman–Crippen LogP) is 2.86. The molecule has 2 aromatic rings. The van der Waals surface area contributed by atoms with Crippen molar-refractivity contribution >= 4 is 16.9 Å². The van der Waals surface area contributed by atoms with Crippen LogP contribution in [0.4, 0.5) is 4.39 Å². The Hall–Kier alpha value is -2.17. The van der Waals surface area contributed by atoms with Crippen LogP contribution in [-0.4, -0.2) is 22.2 Å². The van der Waals surface area contributed by atoms with Gasteiger partial charge in [-0.2, -0.15) is 0 Å². The lowest BCUT2D eigenvalue weighted by molar-refractivity contribution is -0.139. The standard InChI is InChI=1S/C16H14FNO3/c17-8-1-2-13-12(5-8)14(3-4-18-13)21-9-6-10-11(7-9)15(10)16(19)20/h1-5,9-11,15H,6-7H2,(H,19,20)/t9-,10-,11+,15-. The van der Waals surface area contributed by atoms with E-state index in [4.69, 9.17) is 9.84 Å². The van der Waals surface area contributed by atoms with Crippen molar-refractivity contribution in [1.29, 1.82) is 0 Å². The Bertz CT molecular complexity index is 721. The lowest BCUT2D eigenvalue weighted by Gasteiger charge is -2.17. The molecule has 0 unspecified atom stereocenters. The van der Waals surface area contributed by atoms with E-state index in [1.54, 1.807) is 18.3 Å². The first-order valence-corrected chi connectivity index (χ1v) is 7.07. The third-order valence-corrected chi connectivity index (χ3v) is 4.64. The highest BCUT2D eigenvalue weighted by molar-refractivity contribution is 5.84. The molecule has 2 fully saturated rings. The molecule has 4 rings (SSSR count). The van der Waals surface area contributed by atoms with E-state index < -0.39 is 5.97 Å². The van der Waals surface area contributed by atoms with Crippen molar-refractivity contribution in [2.75, 3.05) is 0 Å². The average molecular weight is 287 g/mol. The number of hydrogen-bond acceptors (Lipinski definition) is 3. The van der Waals surface area contributed by atoms with E-state index in [0.29, 0.717) is 16.7 Å². The number of carboxylic acids is 1. The van der Waals surface area contributed by atoms with Crippen LogP contribution in [0.3, 0.4) is 0 Å². The van der Waals surface area contributed by atoms with E-state index in [1.807, 2.05) is 0 Å². The molecule has 1 heterocycles. The van der Waals surface area contributed by atoms with Gasteiger partial charge in [-0.15, -0.1) is 0 Å². The van der Waals surface area contributed by atoms with Crippen molar-refractivity contribution in [2.45, 2.75) is 18.9 Å². The minimum Gasteiger partial charge on any atom is -0.490 e. The van der Waals surface area contributed by atoms with E-state index in [9.17, 15) is 9.18 Å². The van der Waals surface area contributed by atoms with Crippen LogP contribution < -0.4 is 4.74 Å². The Morgan fingerprint density at radius 2 is 2.05 bits per heavy atom. The van der Waals surface area contributed by atoms with Crippen molar-refractivity contribution in [3.05, 3.63) is 36.3 Å². The number of hydrogen-bond donors (Lipinski definition) is 1. The number of fused-ring (bicyclic) bond motifs is 2. The molecule has 4 nitrogen and oxygen atoms in total. The van der Waals surface area contributed by atoms with Crippen molar-refractivity contribution < 1.29 is 19.0 Å². The maximum Gasteiger partial charge on any atom is 0.307 e. The van der Waals surface area contributed by atoms with Crippen molar-refractivity contribution in [3.63, 3.8) is 0 Å². The highest BCUT2D eigenvalue weighted by Crippen LogP contribution is 2.58. The second-order valence-electron chi connectivity index (χ2n) is 5.87. The minimum absolute atomic E-state index is 0.0180. The molecule has 0 radical (unpaired) electrons. The smallest absolute Gasteiger partial charge is 0.307 e. The first-order chi connectivity index (χ1) is 10.1. The van der Waals surface area contributed by atoms with Crippen molar-refractivity contribution in [1.82, 2.24) is 4.98 Å². The fraction of sp³-hybridized carbons (Fsp3) is 0.375. The second kappa shape index (κ2) is 4.41. The molecule has 4 atom stereocenters. The lowest BCUT2D eigenvalue weighted by atomic mass is 10.1. The zero-order valence-electron chi connectivity index (χ0n) is 11.2. The van der Waals surface area contributed by atoms with Gasteiger partial charge in [-0.1, -0.05) is 0 Å². The summed E-state index contributed by atoms with van der Waals surface area (Å²) in [4.78, 5) is 15.2. The van der Waals surface area contributed by atoms with Crippen LogP contribution in [0.2, 0.25) is 0 Å². The number of nitrogens with zero attached hydrogens (tertiary/aromatic N) is 1. The molecule has 0 bridgehead atoms. The van der Waals surface area contributed by atoms with Gasteiger partial charge >= 0.3 is 5.97 Å². The van der Waals surface area contributed by atoms with Crippen LogP contribution in [0, 0.1) is 23.6 Å². The zero-order valence-corrected chi connectivity index (χ0v) is 11.2. The van der Waals surface area contributed by atoms with Gasteiger partial charge in [0.15, 0.2) is 0 Å². The molecule has 0 saturated heterocycles. The first kappa shape index (κ1) is 12.6. The summed E-state index contributed by atoms with van der Waals surface area (Å²) in [5.41, 5.74) is 0.695. The number of carboxylic acid groups (broad SMARTS) is 1. The Kier molecular flexibility index (Phi) is 2.64. The van der Waals surface area contributed by atoms with E-state index in [2.05, 4.69) is 4.98 Å². The maximum absolute atomic E-state index is 13.4. The molecule has 5 heteroatoms. The first-order valence-electron chi connectivity index (χ1n) is 7.07. The number of aliphatic carboxylic acids is 1. The summed E-state index contributed by atoms with van der Waals surface area (Å²) in [5.74, 6) is -0.0794. The van der Waals surface area contributed by atoms with E-state index in [1.165, 1.54) is 12.1 Å². The van der Waals surface area contributed by atoms with Crippen LogP contribution in [-0.2, 0) is 4.79 Å². The Morgan fingerprint density at radius 1 is 1.29 bits per heavy atom. The van der Waals surface area contributed by atoms with Gasteiger partial charge in [-0.05, 0) is 48.9 Å². The summed E-state index contributed by atoms with van der Waals surface area (Å²) in [6, 6.07) is 6.17. The fourth-order valence-corrected chi connectivity index (χ4v) is 3.63. The number of carbonyl (C=O) groups is 1. The number of benzene rings is 1. The average Bonchev–Trinajstić information content (AvgIpc) is 2.97. The van der Waals surface area contributed by atoms with Crippen LogP contribution >= 0.6 is 0 Å². The topological polar surface area (TPSA) is 59.4 Å². The lowest BCUT2D eigenvalue weighted by Crippen LogP contribution is -2.18. The molecule has 2 aliphatic carbocycles. The molecule has 0 spiro atoms. The molecule has 0 aliphatic heterocycles. The quantitative estimate of drug-likeness (QED) is 0.943. The molecular weight excluding hydrogens is 273 g/mol. The van der Waals surface area contributed by atoms with E-state index in [-0.39, 0.29) is 29.7 Å². The van der Waals surface area contributed by atoms with Crippen LogP contribution in [0.25, 0.3) is 10.9 Å². The Morgan fingerprint density at radius 3 is 2.76 bits per heavy atom. The predicted molar refractivity (Wildman–Crippen MR) is 73.5 cm³/mol. The maximum atomic E-state index is 13.4. The monoisotopic (exact) mass is 287 g/mol. The molecule has 21 heavy (non-hydrogen) atoms. The Balaban J connectivity index is 1.54. The summed E-state index contributed by atoms with van der Waals surface area (Å²) in [6.07, 6.45) is 3.19. The van der Waals surface area contributed by atoms with E-state index >= 15 is 0 Å². The summed E-state index contributed by atoms with van der Waals surface area (Å²) >= 11 is 0. The van der Waals surface area contributed by atoms with Crippen LogP contribution in [0.5, 0.6) is 5.75 Å². The Labute approximate surface area is 120 Å². The number of rotatable bonds is 3. The van der Waals surface area contributed by atoms with Crippen LogP contribution in [0.1, 0.15) is 12.8 Å². The fourth-order valence-electron chi connectivity index (χ4n) is 3.63. The minimum atomic E-state index is -0.695. The van der Waals surface area contributed by atoms with Gasteiger partial charge in [-0.3, -0.25) is 9.78 Å². The summed E-state index contributed by atoms with van der Waals surface area (Å²) in [5, 5.41) is 9.68. The van der Waals surface area contributed by atoms with Crippen molar-refractivity contribution in [3.8, 4) is 5.75 Å².